The van der Waals surface area contributed by atoms with Crippen LogP contribution in [0.25, 0.3) is 0 Å². The first-order valence-electron chi connectivity index (χ1n) is 5.72. The number of nitrogens with one attached hydrogen (secondary N) is 1. The number of ether oxygens (including phenoxy) is 1. The first-order valence-corrected chi connectivity index (χ1v) is 5.72. The molecule has 0 bridgehead atoms. The molecule has 0 amide bonds. The van der Waals surface area contributed by atoms with Gasteiger partial charge in [0.05, 0.1) is 18.1 Å². The molecule has 0 fully saturated rings. The second kappa shape index (κ2) is 5.80. The van der Waals surface area contributed by atoms with Crippen molar-refractivity contribution in [3.8, 4) is 5.88 Å². The summed E-state index contributed by atoms with van der Waals surface area (Å²) < 4.78 is 5.59. The Morgan fingerprint density at radius 1 is 1.25 bits per heavy atom. The number of aromatic nitrogens is 2. The number of hydrogen-bond donors (Lipinski definition) is 1. The van der Waals surface area contributed by atoms with Gasteiger partial charge in [-0.05, 0) is 33.7 Å². The minimum atomic E-state index is -0.226. The Labute approximate surface area is 97.5 Å². The van der Waals surface area contributed by atoms with E-state index in [1.54, 1.807) is 12.4 Å². The highest BCUT2D eigenvalue weighted by Gasteiger charge is 2.12. The Kier molecular flexibility index (Phi) is 4.68. The van der Waals surface area contributed by atoms with Crippen LogP contribution >= 0.6 is 0 Å². The largest absolute Gasteiger partial charge is 0.471 e. The average molecular weight is 223 g/mol. The Hall–Kier alpha value is -1.16. The van der Waals surface area contributed by atoms with E-state index < -0.39 is 0 Å². The molecule has 0 saturated heterocycles. The van der Waals surface area contributed by atoms with Crippen LogP contribution in [-0.4, -0.2) is 22.1 Å². The molecule has 1 aromatic rings. The Morgan fingerprint density at radius 2 is 2.00 bits per heavy atom. The molecule has 0 aliphatic rings. The molecule has 16 heavy (non-hydrogen) atoms. The summed E-state index contributed by atoms with van der Waals surface area (Å²) in [6.07, 6.45) is 4.55. The lowest BCUT2D eigenvalue weighted by atomic mass is 10.2. The fourth-order valence-corrected chi connectivity index (χ4v) is 1.19. The molecule has 0 aromatic carbocycles. The summed E-state index contributed by atoms with van der Waals surface area (Å²) in [4.78, 5) is 8.50. The molecule has 0 aliphatic heterocycles. The van der Waals surface area contributed by atoms with Gasteiger partial charge < -0.3 is 10.1 Å². The summed E-state index contributed by atoms with van der Waals surface area (Å²) in [6.45, 7) is 9.87. The minimum absolute atomic E-state index is 0.226. The molecule has 90 valence electrons. The maximum atomic E-state index is 5.59. The lowest BCUT2D eigenvalue weighted by molar-refractivity contribution is 0.123. The highest BCUT2D eigenvalue weighted by Crippen LogP contribution is 2.13. The first kappa shape index (κ1) is 12.9. The number of rotatable bonds is 5. The maximum Gasteiger partial charge on any atom is 0.232 e. The predicted molar refractivity (Wildman–Crippen MR) is 64.4 cm³/mol. The van der Waals surface area contributed by atoms with Gasteiger partial charge in [0.1, 0.15) is 5.60 Å². The highest BCUT2D eigenvalue weighted by molar-refractivity contribution is 5.08. The van der Waals surface area contributed by atoms with Crippen LogP contribution in [0.2, 0.25) is 0 Å². The molecule has 0 unspecified atom stereocenters. The van der Waals surface area contributed by atoms with Gasteiger partial charge in [-0.25, -0.2) is 4.98 Å². The van der Waals surface area contributed by atoms with Gasteiger partial charge in [0.2, 0.25) is 5.88 Å². The van der Waals surface area contributed by atoms with Crippen molar-refractivity contribution in [2.75, 3.05) is 6.54 Å². The third-order valence-corrected chi connectivity index (χ3v) is 1.83. The van der Waals surface area contributed by atoms with Gasteiger partial charge in [-0.1, -0.05) is 6.92 Å². The fourth-order valence-electron chi connectivity index (χ4n) is 1.19. The van der Waals surface area contributed by atoms with Crippen molar-refractivity contribution in [2.24, 2.45) is 0 Å². The Bertz CT molecular complexity index is 303. The third-order valence-electron chi connectivity index (χ3n) is 1.83. The number of hydrogen-bond acceptors (Lipinski definition) is 4. The predicted octanol–water partition coefficient (Wildman–Crippen LogP) is 2.15. The van der Waals surface area contributed by atoms with Crippen LogP contribution < -0.4 is 10.1 Å². The van der Waals surface area contributed by atoms with Gasteiger partial charge >= 0.3 is 0 Å². The normalized spacial score (nSPS) is 11.5. The third kappa shape index (κ3) is 5.07. The SMILES string of the molecule is CCCNCc1cnc(OC(C)(C)C)cn1. The topological polar surface area (TPSA) is 47.0 Å². The molecule has 4 heteroatoms. The van der Waals surface area contributed by atoms with Crippen molar-refractivity contribution >= 4 is 0 Å². The van der Waals surface area contributed by atoms with Crippen LogP contribution in [0.4, 0.5) is 0 Å². The maximum absolute atomic E-state index is 5.59. The van der Waals surface area contributed by atoms with Gasteiger partial charge in [0.25, 0.3) is 0 Å². The van der Waals surface area contributed by atoms with E-state index in [-0.39, 0.29) is 5.60 Å². The molecule has 1 rings (SSSR count). The molecule has 0 atom stereocenters. The second-order valence-corrected chi connectivity index (χ2v) is 4.74. The van der Waals surface area contributed by atoms with Gasteiger partial charge in [0.15, 0.2) is 0 Å². The smallest absolute Gasteiger partial charge is 0.232 e. The van der Waals surface area contributed by atoms with Gasteiger partial charge in [-0.15, -0.1) is 0 Å². The summed E-state index contributed by atoms with van der Waals surface area (Å²) in [5, 5.41) is 3.28. The zero-order valence-corrected chi connectivity index (χ0v) is 10.6. The monoisotopic (exact) mass is 223 g/mol. The van der Waals surface area contributed by atoms with Crippen molar-refractivity contribution in [3.05, 3.63) is 18.1 Å². The molecule has 0 saturated carbocycles. The van der Waals surface area contributed by atoms with Crippen LogP contribution in [-0.2, 0) is 6.54 Å². The molecule has 0 spiro atoms. The molecule has 4 nitrogen and oxygen atoms in total. The van der Waals surface area contributed by atoms with E-state index in [2.05, 4.69) is 22.2 Å². The molecular formula is C12H21N3O. The van der Waals surface area contributed by atoms with Crippen LogP contribution in [0.3, 0.4) is 0 Å². The molecule has 0 radical (unpaired) electrons. The molecule has 1 heterocycles. The van der Waals surface area contributed by atoms with E-state index in [0.29, 0.717) is 5.88 Å². The van der Waals surface area contributed by atoms with Gasteiger partial charge in [-0.3, -0.25) is 4.98 Å². The zero-order valence-electron chi connectivity index (χ0n) is 10.6. The van der Waals surface area contributed by atoms with Crippen molar-refractivity contribution in [2.45, 2.75) is 46.3 Å². The molecule has 1 N–H and O–H groups in total. The van der Waals surface area contributed by atoms with Crippen LogP contribution in [0.15, 0.2) is 12.4 Å². The van der Waals surface area contributed by atoms with Crippen molar-refractivity contribution in [3.63, 3.8) is 0 Å². The van der Waals surface area contributed by atoms with E-state index in [1.165, 1.54) is 0 Å². The minimum Gasteiger partial charge on any atom is -0.471 e. The van der Waals surface area contributed by atoms with E-state index in [9.17, 15) is 0 Å². The van der Waals surface area contributed by atoms with Crippen LogP contribution in [0.1, 0.15) is 39.8 Å². The summed E-state index contributed by atoms with van der Waals surface area (Å²) in [7, 11) is 0. The van der Waals surface area contributed by atoms with Crippen molar-refractivity contribution in [1.82, 2.24) is 15.3 Å². The van der Waals surface area contributed by atoms with E-state index >= 15 is 0 Å². The molecular weight excluding hydrogens is 202 g/mol. The van der Waals surface area contributed by atoms with Gasteiger partial charge in [-0.2, -0.15) is 0 Å². The average Bonchev–Trinajstić information content (AvgIpc) is 2.19. The first-order chi connectivity index (χ1) is 7.51. The summed E-state index contributed by atoms with van der Waals surface area (Å²) in [5.74, 6) is 0.576. The molecule has 0 aliphatic carbocycles. The van der Waals surface area contributed by atoms with Crippen LogP contribution in [0.5, 0.6) is 5.88 Å². The second-order valence-electron chi connectivity index (χ2n) is 4.74. The lowest BCUT2D eigenvalue weighted by Gasteiger charge is -2.19. The van der Waals surface area contributed by atoms with Crippen LogP contribution in [0, 0.1) is 0 Å². The highest BCUT2D eigenvalue weighted by atomic mass is 16.5. The Morgan fingerprint density at radius 3 is 2.50 bits per heavy atom. The summed E-state index contributed by atoms with van der Waals surface area (Å²) in [6, 6.07) is 0. The van der Waals surface area contributed by atoms with Crippen molar-refractivity contribution < 1.29 is 4.74 Å². The quantitative estimate of drug-likeness (QED) is 0.777. The zero-order chi connectivity index (χ0) is 12.0. The Balaban J connectivity index is 2.48. The van der Waals surface area contributed by atoms with E-state index in [1.807, 2.05) is 20.8 Å². The molecule has 1 aromatic heterocycles. The summed E-state index contributed by atoms with van der Waals surface area (Å²) in [5.41, 5.74) is 0.714. The fraction of sp³-hybridized carbons (Fsp3) is 0.667. The number of nitrogens with zero attached hydrogens (tertiary/aromatic N) is 2. The van der Waals surface area contributed by atoms with Crippen molar-refractivity contribution in [1.29, 1.82) is 0 Å². The van der Waals surface area contributed by atoms with E-state index in [0.717, 1.165) is 25.2 Å². The summed E-state index contributed by atoms with van der Waals surface area (Å²) >= 11 is 0. The van der Waals surface area contributed by atoms with E-state index in [4.69, 9.17) is 4.74 Å². The lowest BCUT2D eigenvalue weighted by Crippen LogP contribution is -2.23. The standard InChI is InChI=1S/C12H21N3O/c1-5-6-13-7-10-8-15-11(9-14-10)16-12(2,3)4/h8-9,13H,5-7H2,1-4H3. The van der Waals surface area contributed by atoms with Gasteiger partial charge in [0, 0.05) is 6.54 Å².